The Labute approximate surface area is 112 Å². The molecule has 2 rings (SSSR count). The molecule has 2 atom stereocenters. The fourth-order valence-electron chi connectivity index (χ4n) is 2.56. The van der Waals surface area contributed by atoms with Crippen molar-refractivity contribution in [2.75, 3.05) is 0 Å². The van der Waals surface area contributed by atoms with Crippen molar-refractivity contribution in [2.24, 2.45) is 5.92 Å². The number of benzene rings is 1. The number of hydrogen-bond acceptors (Lipinski definition) is 2. The molecule has 0 heterocycles. The van der Waals surface area contributed by atoms with E-state index in [-0.39, 0.29) is 11.9 Å². The van der Waals surface area contributed by atoms with Gasteiger partial charge in [-0.25, -0.2) is 0 Å². The molecular weight excluding hydrogens is 242 g/mol. The fraction of sp³-hybridized carbons (Fsp3) is 0.467. The van der Waals surface area contributed by atoms with Crippen molar-refractivity contribution in [1.82, 2.24) is 5.32 Å². The van der Waals surface area contributed by atoms with E-state index in [0.29, 0.717) is 12.0 Å². The van der Waals surface area contributed by atoms with Crippen LogP contribution in [0.2, 0.25) is 0 Å². The predicted molar refractivity (Wildman–Crippen MR) is 72.1 cm³/mol. The summed E-state index contributed by atoms with van der Waals surface area (Å²) in [6.45, 7) is 3.95. The van der Waals surface area contributed by atoms with Gasteiger partial charge in [-0.05, 0) is 49.9 Å². The molecule has 1 amide bonds. The van der Waals surface area contributed by atoms with Crippen molar-refractivity contribution in [1.29, 1.82) is 0 Å². The van der Waals surface area contributed by atoms with Crippen LogP contribution in [-0.2, 0) is 4.79 Å². The number of carbonyl (C=O) groups excluding carboxylic acids is 1. The summed E-state index contributed by atoms with van der Waals surface area (Å²) >= 11 is 0. The van der Waals surface area contributed by atoms with Gasteiger partial charge in [0.2, 0.25) is 0 Å². The Kier molecular flexibility index (Phi) is 3.88. The van der Waals surface area contributed by atoms with Gasteiger partial charge in [-0.1, -0.05) is 12.5 Å². The molecular formula is C15H19NO3. The van der Waals surface area contributed by atoms with Gasteiger partial charge in [0, 0.05) is 11.6 Å². The summed E-state index contributed by atoms with van der Waals surface area (Å²) in [6, 6.07) is 5.29. The molecule has 0 saturated heterocycles. The van der Waals surface area contributed by atoms with Crippen LogP contribution in [0, 0.1) is 19.8 Å². The number of hydrogen-bond donors (Lipinski definition) is 2. The van der Waals surface area contributed by atoms with Gasteiger partial charge < -0.3 is 10.4 Å². The second-order valence-electron chi connectivity index (χ2n) is 5.25. The number of aliphatic carboxylic acids is 1. The molecule has 4 heteroatoms. The zero-order chi connectivity index (χ0) is 14.0. The molecule has 1 aromatic rings. The summed E-state index contributed by atoms with van der Waals surface area (Å²) in [7, 11) is 0. The Morgan fingerprint density at radius 3 is 2.58 bits per heavy atom. The van der Waals surface area contributed by atoms with Crippen LogP contribution in [-0.4, -0.2) is 23.0 Å². The third kappa shape index (κ3) is 2.95. The first-order valence-corrected chi connectivity index (χ1v) is 6.60. The van der Waals surface area contributed by atoms with Gasteiger partial charge in [0.1, 0.15) is 0 Å². The first-order chi connectivity index (χ1) is 8.99. The largest absolute Gasteiger partial charge is 0.481 e. The Morgan fingerprint density at radius 1 is 1.21 bits per heavy atom. The van der Waals surface area contributed by atoms with Crippen LogP contribution in [0.1, 0.15) is 40.7 Å². The first-order valence-electron chi connectivity index (χ1n) is 6.60. The lowest BCUT2D eigenvalue weighted by molar-refractivity contribution is -0.142. The van der Waals surface area contributed by atoms with Crippen LogP contribution in [0.15, 0.2) is 18.2 Å². The number of amides is 1. The Morgan fingerprint density at radius 2 is 1.95 bits per heavy atom. The van der Waals surface area contributed by atoms with Crippen LogP contribution in [0.3, 0.4) is 0 Å². The highest BCUT2D eigenvalue weighted by Gasteiger charge is 2.33. The Balaban J connectivity index is 2.08. The summed E-state index contributed by atoms with van der Waals surface area (Å²) in [5, 5.41) is 11.9. The van der Waals surface area contributed by atoms with Crippen LogP contribution >= 0.6 is 0 Å². The van der Waals surface area contributed by atoms with E-state index in [9.17, 15) is 9.59 Å². The highest BCUT2D eigenvalue weighted by atomic mass is 16.4. The van der Waals surface area contributed by atoms with E-state index in [0.717, 1.165) is 24.0 Å². The van der Waals surface area contributed by atoms with Gasteiger partial charge in [-0.15, -0.1) is 0 Å². The molecule has 0 radical (unpaired) electrons. The predicted octanol–water partition coefficient (Wildman–Crippen LogP) is 2.29. The zero-order valence-electron chi connectivity index (χ0n) is 11.3. The fourth-order valence-corrected chi connectivity index (χ4v) is 2.56. The third-order valence-corrected chi connectivity index (χ3v) is 3.92. The van der Waals surface area contributed by atoms with E-state index in [1.165, 1.54) is 0 Å². The average Bonchev–Trinajstić information content (AvgIpc) is 2.80. The van der Waals surface area contributed by atoms with E-state index in [1.807, 2.05) is 26.0 Å². The molecule has 0 spiro atoms. The topological polar surface area (TPSA) is 66.4 Å². The van der Waals surface area contributed by atoms with Crippen LogP contribution in [0.25, 0.3) is 0 Å². The van der Waals surface area contributed by atoms with Gasteiger partial charge in [0.15, 0.2) is 0 Å². The SMILES string of the molecule is Cc1ccc(C(=O)NC2CCCC2C(=O)O)cc1C. The van der Waals surface area contributed by atoms with Gasteiger partial charge >= 0.3 is 5.97 Å². The normalized spacial score (nSPS) is 22.2. The molecule has 102 valence electrons. The molecule has 1 saturated carbocycles. The minimum absolute atomic E-state index is 0.179. The molecule has 2 unspecified atom stereocenters. The second kappa shape index (κ2) is 5.43. The maximum absolute atomic E-state index is 12.1. The lowest BCUT2D eigenvalue weighted by Crippen LogP contribution is -2.40. The smallest absolute Gasteiger partial charge is 0.308 e. The van der Waals surface area contributed by atoms with E-state index in [2.05, 4.69) is 5.32 Å². The zero-order valence-corrected chi connectivity index (χ0v) is 11.3. The molecule has 0 aromatic heterocycles. The van der Waals surface area contributed by atoms with Crippen LogP contribution in [0.4, 0.5) is 0 Å². The number of rotatable bonds is 3. The number of carboxylic acid groups (broad SMARTS) is 1. The van der Waals surface area contributed by atoms with Gasteiger partial charge in [0.05, 0.1) is 5.92 Å². The van der Waals surface area contributed by atoms with Crippen molar-refractivity contribution in [3.8, 4) is 0 Å². The molecule has 1 aliphatic rings. The average molecular weight is 261 g/mol. The van der Waals surface area contributed by atoms with Crippen molar-refractivity contribution < 1.29 is 14.7 Å². The first kappa shape index (κ1) is 13.6. The lowest BCUT2D eigenvalue weighted by Gasteiger charge is -2.17. The Bertz CT molecular complexity index is 510. The monoisotopic (exact) mass is 261 g/mol. The molecule has 1 aliphatic carbocycles. The molecule has 1 fully saturated rings. The van der Waals surface area contributed by atoms with Crippen molar-refractivity contribution in [3.63, 3.8) is 0 Å². The van der Waals surface area contributed by atoms with Crippen LogP contribution in [0.5, 0.6) is 0 Å². The van der Waals surface area contributed by atoms with Crippen molar-refractivity contribution in [3.05, 3.63) is 34.9 Å². The quantitative estimate of drug-likeness (QED) is 0.877. The summed E-state index contributed by atoms with van der Waals surface area (Å²) in [5.74, 6) is -1.44. The van der Waals surface area contributed by atoms with Crippen molar-refractivity contribution in [2.45, 2.75) is 39.2 Å². The van der Waals surface area contributed by atoms with Gasteiger partial charge in [-0.2, -0.15) is 0 Å². The molecule has 1 aromatic carbocycles. The van der Waals surface area contributed by atoms with E-state index < -0.39 is 11.9 Å². The maximum atomic E-state index is 12.1. The van der Waals surface area contributed by atoms with Crippen molar-refractivity contribution >= 4 is 11.9 Å². The van der Waals surface area contributed by atoms with E-state index in [4.69, 9.17) is 5.11 Å². The van der Waals surface area contributed by atoms with Gasteiger partial charge in [0.25, 0.3) is 5.91 Å². The lowest BCUT2D eigenvalue weighted by atomic mass is 10.0. The summed E-state index contributed by atoms with van der Waals surface area (Å²) in [6.07, 6.45) is 2.25. The number of carbonyl (C=O) groups is 2. The minimum Gasteiger partial charge on any atom is -0.481 e. The molecule has 4 nitrogen and oxygen atoms in total. The number of aryl methyl sites for hydroxylation is 2. The highest BCUT2D eigenvalue weighted by molar-refractivity contribution is 5.95. The maximum Gasteiger partial charge on any atom is 0.308 e. The summed E-state index contributed by atoms with van der Waals surface area (Å²) in [4.78, 5) is 23.2. The van der Waals surface area contributed by atoms with E-state index >= 15 is 0 Å². The summed E-state index contributed by atoms with van der Waals surface area (Å²) in [5.41, 5.74) is 2.80. The highest BCUT2D eigenvalue weighted by Crippen LogP contribution is 2.26. The summed E-state index contributed by atoms with van der Waals surface area (Å²) < 4.78 is 0. The molecule has 0 aliphatic heterocycles. The second-order valence-corrected chi connectivity index (χ2v) is 5.25. The molecule has 2 N–H and O–H groups in total. The third-order valence-electron chi connectivity index (χ3n) is 3.92. The van der Waals surface area contributed by atoms with E-state index in [1.54, 1.807) is 6.07 Å². The number of carboxylic acids is 1. The standard InChI is InChI=1S/C15H19NO3/c1-9-6-7-11(8-10(9)2)14(17)16-13-5-3-4-12(13)15(18)19/h6-8,12-13H,3-5H2,1-2H3,(H,16,17)(H,18,19). The minimum atomic E-state index is -0.817. The molecule has 0 bridgehead atoms. The Hall–Kier alpha value is -1.84. The number of nitrogens with one attached hydrogen (secondary N) is 1. The van der Waals surface area contributed by atoms with Crippen LogP contribution < -0.4 is 5.32 Å². The van der Waals surface area contributed by atoms with Gasteiger partial charge in [-0.3, -0.25) is 9.59 Å². The molecule has 19 heavy (non-hydrogen) atoms.